The van der Waals surface area contributed by atoms with Gasteiger partial charge in [0.25, 0.3) is 5.56 Å². The molecule has 1 aliphatic carbocycles. The van der Waals surface area contributed by atoms with Crippen LogP contribution < -0.4 is 10.9 Å². The molecule has 0 aliphatic heterocycles. The summed E-state index contributed by atoms with van der Waals surface area (Å²) in [6.45, 7) is 2.76. The number of halogens is 1. The minimum Gasteiger partial charge on any atom is -0.376 e. The van der Waals surface area contributed by atoms with Crippen LogP contribution in [0.5, 0.6) is 0 Å². The molecule has 0 radical (unpaired) electrons. The third-order valence-corrected chi connectivity index (χ3v) is 4.79. The average molecular weight is 324 g/mol. The van der Waals surface area contributed by atoms with E-state index in [0.29, 0.717) is 23.2 Å². The van der Waals surface area contributed by atoms with Crippen molar-refractivity contribution in [2.24, 2.45) is 5.92 Å². The van der Waals surface area contributed by atoms with Gasteiger partial charge in [-0.05, 0) is 37.1 Å². The second-order valence-corrected chi connectivity index (χ2v) is 7.07. The lowest BCUT2D eigenvalue weighted by Gasteiger charge is -2.16. The van der Waals surface area contributed by atoms with Gasteiger partial charge in [0.2, 0.25) is 0 Å². The second kappa shape index (κ2) is 6.20. The summed E-state index contributed by atoms with van der Waals surface area (Å²) in [6, 6.07) is 4.28. The normalized spacial score (nSPS) is 15.9. The Morgan fingerprint density at radius 1 is 1.57 bits per heavy atom. The van der Waals surface area contributed by atoms with Gasteiger partial charge in [-0.15, -0.1) is 11.3 Å². The molecular formula is C15H18ClN3OS. The number of hydrogen-bond acceptors (Lipinski definition) is 4. The molecule has 0 bridgehead atoms. The van der Waals surface area contributed by atoms with Crippen molar-refractivity contribution < 1.29 is 0 Å². The Labute approximate surface area is 132 Å². The monoisotopic (exact) mass is 323 g/mol. The van der Waals surface area contributed by atoms with Crippen molar-refractivity contribution in [1.29, 1.82) is 0 Å². The van der Waals surface area contributed by atoms with E-state index in [4.69, 9.17) is 11.6 Å². The summed E-state index contributed by atoms with van der Waals surface area (Å²) >= 11 is 7.87. The van der Waals surface area contributed by atoms with Crippen LogP contribution in [0.3, 0.4) is 0 Å². The summed E-state index contributed by atoms with van der Waals surface area (Å²) in [7, 11) is 0. The standard InChI is InChI=1S/C15H18ClN3OS/c1-10(7-12-3-2-6-21-12)18-14-13(16)8-17-19(15(14)20)9-11-4-5-11/h2-3,6,8,10-11,18H,4-5,7,9H2,1H3. The smallest absolute Gasteiger partial charge is 0.291 e. The van der Waals surface area contributed by atoms with E-state index in [1.165, 1.54) is 22.4 Å². The highest BCUT2D eigenvalue weighted by Crippen LogP contribution is 2.30. The van der Waals surface area contributed by atoms with Crippen LogP contribution in [0, 0.1) is 5.92 Å². The van der Waals surface area contributed by atoms with Crippen LogP contribution in [0.4, 0.5) is 5.69 Å². The Balaban J connectivity index is 1.75. The van der Waals surface area contributed by atoms with Crippen molar-refractivity contribution in [3.63, 3.8) is 0 Å². The highest BCUT2D eigenvalue weighted by Gasteiger charge is 2.23. The van der Waals surface area contributed by atoms with E-state index in [-0.39, 0.29) is 11.6 Å². The van der Waals surface area contributed by atoms with Gasteiger partial charge in [-0.1, -0.05) is 17.7 Å². The highest BCUT2D eigenvalue weighted by molar-refractivity contribution is 7.09. The molecule has 2 heterocycles. The Hall–Kier alpha value is -1.33. The molecule has 0 saturated heterocycles. The molecule has 21 heavy (non-hydrogen) atoms. The largest absolute Gasteiger partial charge is 0.376 e. The first-order valence-corrected chi connectivity index (χ1v) is 8.44. The molecule has 4 nitrogen and oxygen atoms in total. The van der Waals surface area contributed by atoms with Gasteiger partial charge in [-0.3, -0.25) is 4.79 Å². The third-order valence-electron chi connectivity index (χ3n) is 3.60. The van der Waals surface area contributed by atoms with E-state index in [2.05, 4.69) is 28.8 Å². The summed E-state index contributed by atoms with van der Waals surface area (Å²) in [5.74, 6) is 0.604. The number of thiophene rings is 1. The van der Waals surface area contributed by atoms with Crippen molar-refractivity contribution >= 4 is 28.6 Å². The molecule has 1 fully saturated rings. The first-order valence-electron chi connectivity index (χ1n) is 7.18. The number of hydrogen-bond donors (Lipinski definition) is 1. The lowest BCUT2D eigenvalue weighted by molar-refractivity contribution is 0.534. The number of rotatable bonds is 6. The van der Waals surface area contributed by atoms with Crippen LogP contribution in [0.15, 0.2) is 28.5 Å². The number of nitrogens with zero attached hydrogens (tertiary/aromatic N) is 2. The Morgan fingerprint density at radius 3 is 3.05 bits per heavy atom. The lowest BCUT2D eigenvalue weighted by atomic mass is 10.2. The maximum absolute atomic E-state index is 12.4. The second-order valence-electron chi connectivity index (χ2n) is 5.63. The van der Waals surface area contributed by atoms with Crippen molar-refractivity contribution in [3.05, 3.63) is 44.0 Å². The van der Waals surface area contributed by atoms with Crippen molar-refractivity contribution in [2.45, 2.75) is 38.8 Å². The predicted octanol–water partition coefficient (Wildman–Crippen LogP) is 3.41. The van der Waals surface area contributed by atoms with Crippen LogP contribution in [0.2, 0.25) is 5.02 Å². The highest BCUT2D eigenvalue weighted by atomic mass is 35.5. The summed E-state index contributed by atoms with van der Waals surface area (Å²) < 4.78 is 1.53. The van der Waals surface area contributed by atoms with Gasteiger partial charge in [-0.2, -0.15) is 5.10 Å². The molecule has 1 atom stereocenters. The number of nitrogens with one attached hydrogen (secondary N) is 1. The third kappa shape index (κ3) is 3.66. The van der Waals surface area contributed by atoms with E-state index in [0.717, 1.165) is 6.42 Å². The zero-order chi connectivity index (χ0) is 14.8. The fraction of sp³-hybridized carbons (Fsp3) is 0.467. The molecule has 2 aromatic rings. The van der Waals surface area contributed by atoms with Gasteiger partial charge in [0.15, 0.2) is 0 Å². The zero-order valence-electron chi connectivity index (χ0n) is 11.9. The lowest BCUT2D eigenvalue weighted by Crippen LogP contribution is -2.30. The minimum atomic E-state index is -0.118. The average Bonchev–Trinajstić information content (AvgIpc) is 3.13. The van der Waals surface area contributed by atoms with Crippen LogP contribution >= 0.6 is 22.9 Å². The van der Waals surface area contributed by atoms with Gasteiger partial charge in [0.1, 0.15) is 5.69 Å². The van der Waals surface area contributed by atoms with E-state index >= 15 is 0 Å². The molecular weight excluding hydrogens is 306 g/mol. The predicted molar refractivity (Wildman–Crippen MR) is 87.3 cm³/mol. The molecule has 3 rings (SSSR count). The number of aromatic nitrogens is 2. The fourth-order valence-corrected chi connectivity index (χ4v) is 3.32. The van der Waals surface area contributed by atoms with Gasteiger partial charge < -0.3 is 5.32 Å². The van der Waals surface area contributed by atoms with Crippen LogP contribution in [0.25, 0.3) is 0 Å². The molecule has 0 aromatic carbocycles. The summed E-state index contributed by atoms with van der Waals surface area (Å²) in [6.07, 6.45) is 4.81. The van der Waals surface area contributed by atoms with Gasteiger partial charge in [0.05, 0.1) is 11.2 Å². The first kappa shape index (κ1) is 14.6. The quantitative estimate of drug-likeness (QED) is 0.886. The number of anilines is 1. The molecule has 2 aromatic heterocycles. The molecule has 0 amide bonds. The van der Waals surface area contributed by atoms with E-state index in [1.54, 1.807) is 17.5 Å². The van der Waals surface area contributed by atoms with E-state index in [1.807, 2.05) is 6.07 Å². The molecule has 1 saturated carbocycles. The minimum absolute atomic E-state index is 0.118. The molecule has 1 unspecified atom stereocenters. The summed E-state index contributed by atoms with van der Waals surface area (Å²) in [5.41, 5.74) is 0.351. The van der Waals surface area contributed by atoms with Gasteiger partial charge in [-0.25, -0.2) is 4.68 Å². The van der Waals surface area contributed by atoms with Crippen LogP contribution in [0.1, 0.15) is 24.6 Å². The van der Waals surface area contributed by atoms with Crippen LogP contribution in [-0.4, -0.2) is 15.8 Å². The molecule has 1 N–H and O–H groups in total. The maximum atomic E-state index is 12.4. The Morgan fingerprint density at radius 2 is 2.38 bits per heavy atom. The van der Waals surface area contributed by atoms with Gasteiger partial charge in [0, 0.05) is 23.9 Å². The van der Waals surface area contributed by atoms with Crippen molar-refractivity contribution in [2.75, 3.05) is 5.32 Å². The van der Waals surface area contributed by atoms with E-state index < -0.39 is 0 Å². The summed E-state index contributed by atoms with van der Waals surface area (Å²) in [5, 5.41) is 9.84. The molecule has 0 spiro atoms. The maximum Gasteiger partial charge on any atom is 0.291 e. The topological polar surface area (TPSA) is 46.9 Å². The Bertz CT molecular complexity index is 664. The first-order chi connectivity index (χ1) is 10.1. The van der Waals surface area contributed by atoms with Crippen molar-refractivity contribution in [1.82, 2.24) is 9.78 Å². The fourth-order valence-electron chi connectivity index (χ4n) is 2.30. The summed E-state index contributed by atoms with van der Waals surface area (Å²) in [4.78, 5) is 13.7. The van der Waals surface area contributed by atoms with Crippen molar-refractivity contribution in [3.8, 4) is 0 Å². The van der Waals surface area contributed by atoms with Gasteiger partial charge >= 0.3 is 0 Å². The molecule has 6 heteroatoms. The van der Waals surface area contributed by atoms with E-state index in [9.17, 15) is 4.79 Å². The molecule has 112 valence electrons. The SMILES string of the molecule is CC(Cc1cccs1)Nc1c(Cl)cnn(CC2CC2)c1=O. The zero-order valence-corrected chi connectivity index (χ0v) is 13.5. The van der Waals surface area contributed by atoms with Crippen LogP contribution in [-0.2, 0) is 13.0 Å². The molecule has 1 aliphatic rings. The Kier molecular flexibility index (Phi) is 4.31.